The van der Waals surface area contributed by atoms with E-state index in [0.717, 1.165) is 25.9 Å². The van der Waals surface area contributed by atoms with Gasteiger partial charge in [-0.1, -0.05) is 0 Å². The number of piperazine rings is 1. The summed E-state index contributed by atoms with van der Waals surface area (Å²) in [7, 11) is 0. The Morgan fingerprint density at radius 3 is 2.14 bits per heavy atom. The van der Waals surface area contributed by atoms with Crippen molar-refractivity contribution in [3.05, 3.63) is 0 Å². The van der Waals surface area contributed by atoms with Crippen LogP contribution in [0.3, 0.4) is 0 Å². The van der Waals surface area contributed by atoms with Crippen LogP contribution in [0.25, 0.3) is 0 Å². The third-order valence-electron chi connectivity index (χ3n) is 4.06. The zero-order chi connectivity index (χ0) is 15.5. The molecule has 0 aromatic rings. The number of hydrogen-bond donors (Lipinski definition) is 1. The Bertz CT molecular complexity index is 378. The summed E-state index contributed by atoms with van der Waals surface area (Å²) in [6.45, 7) is 9.85. The van der Waals surface area contributed by atoms with Crippen LogP contribution in [0.2, 0.25) is 0 Å². The Kier molecular flexibility index (Phi) is 5.22. The van der Waals surface area contributed by atoms with Gasteiger partial charge in [0.25, 0.3) is 0 Å². The second-order valence-electron chi connectivity index (χ2n) is 6.91. The number of nitrogens with one attached hydrogen (secondary N) is 1. The number of amides is 1. The van der Waals surface area contributed by atoms with Gasteiger partial charge in [0, 0.05) is 19.0 Å². The second-order valence-corrected chi connectivity index (χ2v) is 6.91. The van der Waals surface area contributed by atoms with Crippen molar-refractivity contribution in [2.45, 2.75) is 33.6 Å². The molecular weight excluding hydrogens is 270 g/mol. The Hall–Kier alpha value is -1.14. The van der Waals surface area contributed by atoms with Crippen molar-refractivity contribution < 1.29 is 14.4 Å². The van der Waals surface area contributed by atoms with E-state index in [1.54, 1.807) is 5.06 Å². The van der Waals surface area contributed by atoms with Crippen molar-refractivity contribution in [1.29, 1.82) is 0 Å². The summed E-state index contributed by atoms with van der Waals surface area (Å²) in [5.74, 6) is 0.203. The van der Waals surface area contributed by atoms with Crippen LogP contribution in [0.1, 0.15) is 33.6 Å². The van der Waals surface area contributed by atoms with Gasteiger partial charge in [-0.2, -0.15) is 0 Å². The third kappa shape index (κ3) is 4.41. The van der Waals surface area contributed by atoms with E-state index in [1.165, 1.54) is 0 Å². The lowest BCUT2D eigenvalue weighted by atomic mass is 9.96. The van der Waals surface area contributed by atoms with E-state index in [-0.39, 0.29) is 17.8 Å². The molecule has 0 saturated carbocycles. The molecule has 1 amide bonds. The molecule has 0 radical (unpaired) electrons. The molecular formula is C15H27N3O3. The minimum atomic E-state index is -0.498. The molecule has 0 atom stereocenters. The largest absolute Gasteiger partial charge is 0.367 e. The molecule has 2 heterocycles. The highest BCUT2D eigenvalue weighted by Gasteiger charge is 2.31. The van der Waals surface area contributed by atoms with Crippen LogP contribution in [0.15, 0.2) is 0 Å². The third-order valence-corrected chi connectivity index (χ3v) is 4.06. The van der Waals surface area contributed by atoms with E-state index in [1.807, 2.05) is 25.7 Å². The lowest BCUT2D eigenvalue weighted by molar-refractivity contribution is -0.207. The van der Waals surface area contributed by atoms with Gasteiger partial charge in [0.1, 0.15) is 0 Å². The maximum Gasteiger partial charge on any atom is 0.330 e. The first-order chi connectivity index (χ1) is 9.88. The molecule has 1 N–H and O–H groups in total. The molecule has 6 nitrogen and oxygen atoms in total. The lowest BCUT2D eigenvalue weighted by Crippen LogP contribution is -2.52. The molecule has 0 bridgehead atoms. The summed E-state index contributed by atoms with van der Waals surface area (Å²) in [6.07, 6.45) is 1.86. The number of carbonyl (C=O) groups is 2. The normalized spacial score (nSPS) is 22.1. The van der Waals surface area contributed by atoms with Crippen LogP contribution in [-0.2, 0) is 14.4 Å². The number of nitrogens with zero attached hydrogens (tertiary/aromatic N) is 2. The summed E-state index contributed by atoms with van der Waals surface area (Å²) in [5, 5.41) is 4.96. The lowest BCUT2D eigenvalue weighted by Gasteiger charge is -2.36. The average Bonchev–Trinajstić information content (AvgIpc) is 2.47. The number of piperidine rings is 1. The standard InChI is InChI=1S/C15H27N3O3/c1-15(2,3)14(20)21-18-10-8-17(9-11-18)13(19)12-4-6-16-7-5-12/h12,16H,4-11H2,1-3H3. The molecule has 2 saturated heterocycles. The average molecular weight is 297 g/mol. The molecule has 2 fully saturated rings. The Morgan fingerprint density at radius 1 is 1.05 bits per heavy atom. The van der Waals surface area contributed by atoms with Crippen LogP contribution in [0.5, 0.6) is 0 Å². The second kappa shape index (κ2) is 6.75. The van der Waals surface area contributed by atoms with Gasteiger partial charge in [-0.15, -0.1) is 5.06 Å². The van der Waals surface area contributed by atoms with E-state index in [0.29, 0.717) is 26.2 Å². The van der Waals surface area contributed by atoms with E-state index < -0.39 is 5.41 Å². The topological polar surface area (TPSA) is 61.9 Å². The fraction of sp³-hybridized carbons (Fsp3) is 0.867. The number of hydroxylamine groups is 2. The Labute approximate surface area is 126 Å². The van der Waals surface area contributed by atoms with Crippen molar-refractivity contribution in [2.24, 2.45) is 11.3 Å². The Balaban J connectivity index is 1.77. The van der Waals surface area contributed by atoms with Gasteiger partial charge in [-0.25, -0.2) is 4.79 Å². The molecule has 2 aliphatic rings. The van der Waals surface area contributed by atoms with Gasteiger partial charge in [0.05, 0.1) is 18.5 Å². The molecule has 0 aromatic heterocycles. The zero-order valence-electron chi connectivity index (χ0n) is 13.4. The van der Waals surface area contributed by atoms with Crippen LogP contribution in [-0.4, -0.2) is 61.1 Å². The molecule has 0 spiro atoms. The fourth-order valence-corrected chi connectivity index (χ4v) is 2.58. The van der Waals surface area contributed by atoms with E-state index >= 15 is 0 Å². The van der Waals surface area contributed by atoms with Crippen LogP contribution in [0.4, 0.5) is 0 Å². The first-order valence-electron chi connectivity index (χ1n) is 7.85. The van der Waals surface area contributed by atoms with Gasteiger partial charge in [-0.05, 0) is 46.7 Å². The maximum absolute atomic E-state index is 12.4. The molecule has 2 aliphatic heterocycles. The maximum atomic E-state index is 12.4. The predicted molar refractivity (Wildman–Crippen MR) is 79.3 cm³/mol. The van der Waals surface area contributed by atoms with Crippen LogP contribution < -0.4 is 5.32 Å². The molecule has 120 valence electrons. The number of rotatable bonds is 2. The summed E-state index contributed by atoms with van der Waals surface area (Å²) in [5.41, 5.74) is -0.498. The summed E-state index contributed by atoms with van der Waals surface area (Å²) < 4.78 is 0. The van der Waals surface area contributed by atoms with Crippen molar-refractivity contribution in [2.75, 3.05) is 39.3 Å². The monoisotopic (exact) mass is 297 g/mol. The SMILES string of the molecule is CC(C)(C)C(=O)ON1CCN(C(=O)C2CCNCC2)CC1. The quantitative estimate of drug-likeness (QED) is 0.810. The molecule has 2 rings (SSSR count). The first kappa shape index (κ1) is 16.2. The molecule has 0 aliphatic carbocycles. The van der Waals surface area contributed by atoms with Gasteiger partial charge in [0.15, 0.2) is 0 Å². The predicted octanol–water partition coefficient (Wildman–Crippen LogP) is 0.635. The van der Waals surface area contributed by atoms with Crippen molar-refractivity contribution in [3.8, 4) is 0 Å². The number of hydrogen-bond acceptors (Lipinski definition) is 5. The summed E-state index contributed by atoms with van der Waals surface area (Å²) >= 11 is 0. The molecule has 0 unspecified atom stereocenters. The van der Waals surface area contributed by atoms with E-state index in [4.69, 9.17) is 4.84 Å². The molecule has 0 aromatic carbocycles. The Morgan fingerprint density at radius 2 is 1.62 bits per heavy atom. The minimum Gasteiger partial charge on any atom is -0.367 e. The van der Waals surface area contributed by atoms with Crippen LogP contribution in [0, 0.1) is 11.3 Å². The van der Waals surface area contributed by atoms with Crippen molar-refractivity contribution >= 4 is 11.9 Å². The van der Waals surface area contributed by atoms with E-state index in [9.17, 15) is 9.59 Å². The smallest absolute Gasteiger partial charge is 0.330 e. The highest BCUT2D eigenvalue weighted by atomic mass is 16.7. The summed E-state index contributed by atoms with van der Waals surface area (Å²) in [4.78, 5) is 31.5. The van der Waals surface area contributed by atoms with Crippen LogP contribution >= 0.6 is 0 Å². The van der Waals surface area contributed by atoms with Crippen molar-refractivity contribution in [3.63, 3.8) is 0 Å². The van der Waals surface area contributed by atoms with Gasteiger partial charge >= 0.3 is 5.97 Å². The molecule has 6 heteroatoms. The van der Waals surface area contributed by atoms with Gasteiger partial charge < -0.3 is 15.1 Å². The van der Waals surface area contributed by atoms with Crippen molar-refractivity contribution in [1.82, 2.24) is 15.3 Å². The van der Waals surface area contributed by atoms with Gasteiger partial charge in [0.2, 0.25) is 5.91 Å². The van der Waals surface area contributed by atoms with Gasteiger partial charge in [-0.3, -0.25) is 4.79 Å². The zero-order valence-corrected chi connectivity index (χ0v) is 13.4. The summed E-state index contributed by atoms with van der Waals surface area (Å²) in [6, 6.07) is 0. The fourth-order valence-electron chi connectivity index (χ4n) is 2.58. The van der Waals surface area contributed by atoms with E-state index in [2.05, 4.69) is 5.32 Å². The number of carbonyl (C=O) groups excluding carboxylic acids is 2. The highest BCUT2D eigenvalue weighted by molar-refractivity contribution is 5.79. The molecule has 21 heavy (non-hydrogen) atoms. The minimum absolute atomic E-state index is 0.162. The highest BCUT2D eigenvalue weighted by Crippen LogP contribution is 2.19. The first-order valence-corrected chi connectivity index (χ1v) is 7.85.